The molecular formula is C13H10N2OS. The van der Waals surface area contributed by atoms with Gasteiger partial charge in [0.2, 0.25) is 0 Å². The average molecular weight is 242 g/mol. The van der Waals surface area contributed by atoms with Crippen LogP contribution in [0.4, 0.5) is 0 Å². The maximum Gasteiger partial charge on any atom is 0.140 e. The third-order valence-electron chi connectivity index (χ3n) is 2.30. The molecule has 3 nitrogen and oxygen atoms in total. The largest absolute Gasteiger partial charge is 0.385 e. The molecular weight excluding hydrogens is 232 g/mol. The van der Waals surface area contributed by atoms with Crippen molar-refractivity contribution in [1.82, 2.24) is 4.98 Å². The lowest BCUT2D eigenvalue weighted by Crippen LogP contribution is -1.84. The van der Waals surface area contributed by atoms with Gasteiger partial charge in [0.15, 0.2) is 0 Å². The van der Waals surface area contributed by atoms with Crippen LogP contribution in [-0.2, 0) is 0 Å². The van der Waals surface area contributed by atoms with E-state index in [1.54, 1.807) is 12.3 Å². The Kier molecular flexibility index (Phi) is 3.76. The highest BCUT2D eigenvalue weighted by atomic mass is 32.2. The van der Waals surface area contributed by atoms with Crippen LogP contribution in [0.1, 0.15) is 5.69 Å². The summed E-state index contributed by atoms with van der Waals surface area (Å²) in [5.41, 5.74) is 2.44. The van der Waals surface area contributed by atoms with Gasteiger partial charge in [-0.05, 0) is 29.8 Å². The monoisotopic (exact) mass is 242 g/mol. The Morgan fingerprint density at radius 3 is 2.35 bits per heavy atom. The molecule has 2 aromatic rings. The first-order chi connectivity index (χ1) is 8.33. The van der Waals surface area contributed by atoms with Gasteiger partial charge in [0.05, 0.1) is 5.94 Å². The van der Waals surface area contributed by atoms with E-state index in [1.165, 1.54) is 11.8 Å². The average Bonchev–Trinajstić information content (AvgIpc) is 2.40. The number of hydrogen-bond acceptors (Lipinski definition) is 4. The van der Waals surface area contributed by atoms with Gasteiger partial charge in [-0.15, -0.1) is 0 Å². The van der Waals surface area contributed by atoms with Crippen molar-refractivity contribution in [3.05, 3.63) is 48.3 Å². The number of aliphatic hydroxyl groups excluding tert-OH is 1. The van der Waals surface area contributed by atoms with Gasteiger partial charge in [-0.2, -0.15) is 5.26 Å². The number of thioether (sulfide) groups is 1. The molecule has 0 aliphatic heterocycles. The zero-order valence-corrected chi connectivity index (χ0v) is 9.81. The number of aliphatic hydroxyl groups is 1. The summed E-state index contributed by atoms with van der Waals surface area (Å²) in [7, 11) is 0. The van der Waals surface area contributed by atoms with Crippen molar-refractivity contribution in [1.29, 1.82) is 5.26 Å². The number of aromatic nitrogens is 1. The molecule has 0 aliphatic carbocycles. The summed E-state index contributed by atoms with van der Waals surface area (Å²) >= 11 is 1.38. The van der Waals surface area contributed by atoms with Gasteiger partial charge in [0.1, 0.15) is 11.8 Å². The van der Waals surface area contributed by atoms with E-state index in [0.717, 1.165) is 16.0 Å². The molecule has 0 aliphatic rings. The second-order valence-electron chi connectivity index (χ2n) is 3.34. The van der Waals surface area contributed by atoms with Crippen LogP contribution >= 0.6 is 11.8 Å². The topological polar surface area (TPSA) is 56.9 Å². The maximum absolute atomic E-state index is 8.79. The number of rotatable bonds is 3. The number of benzene rings is 1. The fourth-order valence-corrected chi connectivity index (χ4v) is 1.93. The van der Waals surface area contributed by atoms with Crippen LogP contribution < -0.4 is 0 Å². The zero-order valence-electron chi connectivity index (χ0n) is 9.00. The molecule has 0 spiro atoms. The van der Waals surface area contributed by atoms with Gasteiger partial charge in [0, 0.05) is 16.7 Å². The second kappa shape index (κ2) is 5.48. The van der Waals surface area contributed by atoms with Crippen LogP contribution in [0, 0.1) is 11.3 Å². The molecule has 84 valence electrons. The summed E-state index contributed by atoms with van der Waals surface area (Å²) in [5, 5.41) is 17.4. The highest BCUT2D eigenvalue weighted by Gasteiger charge is 1.99. The van der Waals surface area contributed by atoms with E-state index in [1.807, 2.05) is 36.4 Å². The van der Waals surface area contributed by atoms with Gasteiger partial charge in [-0.3, -0.25) is 0 Å². The van der Waals surface area contributed by atoms with Crippen molar-refractivity contribution >= 4 is 11.8 Å². The van der Waals surface area contributed by atoms with Gasteiger partial charge in [-0.1, -0.05) is 23.9 Å². The van der Waals surface area contributed by atoms with E-state index in [9.17, 15) is 0 Å². The molecule has 1 aromatic heterocycles. The molecule has 2 rings (SSSR count). The summed E-state index contributed by atoms with van der Waals surface area (Å²) < 4.78 is 0. The Morgan fingerprint density at radius 1 is 1.12 bits per heavy atom. The van der Waals surface area contributed by atoms with Crippen molar-refractivity contribution in [3.63, 3.8) is 0 Å². The third-order valence-corrected chi connectivity index (χ3v) is 3.03. The highest BCUT2D eigenvalue weighted by Crippen LogP contribution is 2.23. The third kappa shape index (κ3) is 2.84. The van der Waals surface area contributed by atoms with Crippen LogP contribution in [0.2, 0.25) is 0 Å². The summed E-state index contributed by atoms with van der Waals surface area (Å²) in [4.78, 5) is 5.05. The van der Waals surface area contributed by atoms with Crippen LogP contribution in [0.5, 0.6) is 0 Å². The molecule has 0 bridgehead atoms. The zero-order chi connectivity index (χ0) is 12.1. The SMILES string of the molecule is N#Cc1ccc(-c2ccc(SCO)cc2)cn1. The molecule has 4 heteroatoms. The van der Waals surface area contributed by atoms with Gasteiger partial charge in [-0.25, -0.2) is 4.98 Å². The molecule has 0 amide bonds. The van der Waals surface area contributed by atoms with Crippen molar-refractivity contribution in [2.45, 2.75) is 4.90 Å². The van der Waals surface area contributed by atoms with Crippen molar-refractivity contribution in [2.24, 2.45) is 0 Å². The Morgan fingerprint density at radius 2 is 1.82 bits per heavy atom. The summed E-state index contributed by atoms with van der Waals surface area (Å²) in [6.45, 7) is 0. The predicted molar refractivity (Wildman–Crippen MR) is 67.3 cm³/mol. The van der Waals surface area contributed by atoms with Crippen LogP contribution in [0.25, 0.3) is 11.1 Å². The Bertz CT molecular complexity index is 529. The van der Waals surface area contributed by atoms with Gasteiger partial charge in [0.25, 0.3) is 0 Å². The fourth-order valence-electron chi connectivity index (χ4n) is 1.45. The number of nitriles is 1. The van der Waals surface area contributed by atoms with E-state index in [-0.39, 0.29) is 5.94 Å². The quantitative estimate of drug-likeness (QED) is 0.664. The molecule has 0 saturated heterocycles. The standard InChI is InChI=1S/C13H10N2OS/c14-7-12-4-1-11(8-15-12)10-2-5-13(6-3-10)17-9-16/h1-6,8,16H,9H2. The van der Waals surface area contributed by atoms with Crippen LogP contribution in [0.15, 0.2) is 47.5 Å². The molecule has 1 heterocycles. The van der Waals surface area contributed by atoms with Crippen molar-refractivity contribution < 1.29 is 5.11 Å². The molecule has 17 heavy (non-hydrogen) atoms. The highest BCUT2D eigenvalue weighted by molar-refractivity contribution is 7.99. The molecule has 0 unspecified atom stereocenters. The molecule has 0 saturated carbocycles. The summed E-state index contributed by atoms with van der Waals surface area (Å²) in [6, 6.07) is 13.4. The Labute approximate surface area is 104 Å². The number of nitrogens with zero attached hydrogens (tertiary/aromatic N) is 2. The molecule has 0 radical (unpaired) electrons. The van der Waals surface area contributed by atoms with Gasteiger partial charge < -0.3 is 5.11 Å². The predicted octanol–water partition coefficient (Wildman–Crippen LogP) is 2.66. The molecule has 0 atom stereocenters. The van der Waals surface area contributed by atoms with Crippen molar-refractivity contribution in [3.8, 4) is 17.2 Å². The van der Waals surface area contributed by atoms with E-state index >= 15 is 0 Å². The van der Waals surface area contributed by atoms with Gasteiger partial charge >= 0.3 is 0 Å². The van der Waals surface area contributed by atoms with E-state index in [0.29, 0.717) is 5.69 Å². The van der Waals surface area contributed by atoms with Crippen LogP contribution in [-0.4, -0.2) is 16.0 Å². The first kappa shape index (κ1) is 11.6. The molecule has 1 N–H and O–H groups in total. The first-order valence-corrected chi connectivity index (χ1v) is 6.02. The number of hydrogen-bond donors (Lipinski definition) is 1. The lowest BCUT2D eigenvalue weighted by Gasteiger charge is -2.02. The lowest BCUT2D eigenvalue weighted by molar-refractivity contribution is 0.375. The minimum atomic E-state index is 0.0811. The van der Waals surface area contributed by atoms with E-state index in [4.69, 9.17) is 10.4 Å². The first-order valence-electron chi connectivity index (χ1n) is 5.04. The van der Waals surface area contributed by atoms with E-state index < -0.39 is 0 Å². The molecule has 1 aromatic carbocycles. The Hall–Kier alpha value is -1.83. The minimum absolute atomic E-state index is 0.0811. The second-order valence-corrected chi connectivity index (χ2v) is 4.36. The van der Waals surface area contributed by atoms with Crippen molar-refractivity contribution in [2.75, 3.05) is 5.94 Å². The maximum atomic E-state index is 8.79. The number of pyridine rings is 1. The Balaban J connectivity index is 2.24. The smallest absolute Gasteiger partial charge is 0.140 e. The normalized spacial score (nSPS) is 9.88. The minimum Gasteiger partial charge on any atom is -0.385 e. The molecule has 0 fully saturated rings. The summed E-state index contributed by atoms with van der Waals surface area (Å²) in [5.74, 6) is 0.0811. The fraction of sp³-hybridized carbons (Fsp3) is 0.0769. The van der Waals surface area contributed by atoms with E-state index in [2.05, 4.69) is 4.98 Å². The lowest BCUT2D eigenvalue weighted by atomic mass is 10.1. The summed E-state index contributed by atoms with van der Waals surface area (Å²) in [6.07, 6.45) is 1.69. The van der Waals surface area contributed by atoms with Crippen LogP contribution in [0.3, 0.4) is 0 Å².